The van der Waals surface area contributed by atoms with E-state index in [0.29, 0.717) is 6.61 Å². The molecular weight excluding hydrogens is 352 g/mol. The lowest BCUT2D eigenvalue weighted by Crippen LogP contribution is -2.11. The molecule has 0 bridgehead atoms. The highest BCUT2D eigenvalue weighted by Gasteiger charge is 2.23. The summed E-state index contributed by atoms with van der Waals surface area (Å²) in [5.74, 6) is 0. The Morgan fingerprint density at radius 1 is 1.20 bits per heavy atom. The van der Waals surface area contributed by atoms with E-state index in [9.17, 15) is 0 Å². The predicted molar refractivity (Wildman–Crippen MR) is 102 cm³/mol. The van der Waals surface area contributed by atoms with Gasteiger partial charge in [-0.2, -0.15) is 0 Å². The van der Waals surface area contributed by atoms with Gasteiger partial charge < -0.3 is 4.84 Å². The van der Waals surface area contributed by atoms with Gasteiger partial charge in [0, 0.05) is 29.0 Å². The number of hydrogen-bond acceptors (Lipinski definition) is 7. The second-order valence-electron chi connectivity index (χ2n) is 5.79. The van der Waals surface area contributed by atoms with Crippen LogP contribution in [0.1, 0.15) is 36.8 Å². The van der Waals surface area contributed by atoms with Gasteiger partial charge >= 0.3 is 0 Å². The molecule has 3 aromatic heterocycles. The Morgan fingerprint density at radius 3 is 3.00 bits per heavy atom. The molecule has 0 atom stereocenters. The number of rotatable bonds is 5. The van der Waals surface area contributed by atoms with Gasteiger partial charge in [-0.3, -0.25) is 4.98 Å². The third-order valence-electron chi connectivity index (χ3n) is 3.88. The number of aromatic nitrogens is 3. The molecule has 0 spiro atoms. The Balaban J connectivity index is 1.63. The van der Waals surface area contributed by atoms with Crippen LogP contribution in [0.2, 0.25) is 0 Å². The fourth-order valence-electron chi connectivity index (χ4n) is 2.69. The molecule has 0 amide bonds. The van der Waals surface area contributed by atoms with E-state index < -0.39 is 0 Å². The van der Waals surface area contributed by atoms with Crippen molar-refractivity contribution in [3.8, 4) is 20.5 Å². The minimum absolute atomic E-state index is 0.652. The van der Waals surface area contributed by atoms with Crippen molar-refractivity contribution in [2.24, 2.45) is 5.16 Å². The van der Waals surface area contributed by atoms with Crippen molar-refractivity contribution < 1.29 is 4.84 Å². The quantitative estimate of drug-likeness (QED) is 0.478. The maximum Gasteiger partial charge on any atom is 0.136 e. The van der Waals surface area contributed by atoms with Gasteiger partial charge in [0.1, 0.15) is 28.0 Å². The number of nitrogens with zero attached hydrogens (tertiary/aromatic N) is 4. The Morgan fingerprint density at radius 2 is 2.16 bits per heavy atom. The standard InChI is InChI=1S/C18H18N4OS2/c1-2-9-23-22-13-6-3-7-14-16(13)21-18(24-14)15-11-20-17(25-15)12-5-4-8-19-10-12/h4-5,8,10-11H,2-3,6-7,9H2,1H3. The van der Waals surface area contributed by atoms with Crippen LogP contribution >= 0.6 is 22.7 Å². The van der Waals surface area contributed by atoms with Crippen molar-refractivity contribution in [2.45, 2.75) is 32.6 Å². The molecule has 0 radical (unpaired) electrons. The first-order chi connectivity index (χ1) is 12.3. The first-order valence-corrected chi connectivity index (χ1v) is 10.0. The number of aryl methyl sites for hydroxylation is 1. The predicted octanol–water partition coefficient (Wildman–Crippen LogP) is 4.80. The molecule has 1 aliphatic carbocycles. The Hall–Kier alpha value is -2.12. The van der Waals surface area contributed by atoms with Gasteiger partial charge in [0.25, 0.3) is 0 Å². The van der Waals surface area contributed by atoms with Crippen LogP contribution in [0.5, 0.6) is 0 Å². The summed E-state index contributed by atoms with van der Waals surface area (Å²) >= 11 is 3.40. The lowest BCUT2D eigenvalue weighted by atomic mass is 10.0. The topological polar surface area (TPSA) is 60.3 Å². The van der Waals surface area contributed by atoms with Gasteiger partial charge in [0.05, 0.1) is 4.88 Å². The smallest absolute Gasteiger partial charge is 0.136 e. The highest BCUT2D eigenvalue weighted by molar-refractivity contribution is 7.23. The van der Waals surface area contributed by atoms with Crippen molar-refractivity contribution in [1.29, 1.82) is 0 Å². The monoisotopic (exact) mass is 370 g/mol. The Kier molecular flexibility index (Phi) is 4.85. The van der Waals surface area contributed by atoms with Crippen LogP contribution < -0.4 is 0 Å². The van der Waals surface area contributed by atoms with Crippen LogP contribution in [0.3, 0.4) is 0 Å². The molecular formula is C18H18N4OS2. The van der Waals surface area contributed by atoms with E-state index in [1.54, 1.807) is 28.9 Å². The average molecular weight is 371 g/mol. The molecule has 3 aromatic rings. The molecule has 0 saturated carbocycles. The average Bonchev–Trinajstić information content (AvgIpc) is 3.30. The van der Waals surface area contributed by atoms with E-state index >= 15 is 0 Å². The molecule has 0 saturated heterocycles. The molecule has 0 unspecified atom stereocenters. The maximum absolute atomic E-state index is 5.39. The molecule has 0 aliphatic heterocycles. The second kappa shape index (κ2) is 7.41. The minimum atomic E-state index is 0.652. The lowest BCUT2D eigenvalue weighted by Gasteiger charge is -2.11. The van der Waals surface area contributed by atoms with Gasteiger partial charge in [0.15, 0.2) is 0 Å². The minimum Gasteiger partial charge on any atom is -0.396 e. The first-order valence-electron chi connectivity index (χ1n) is 8.40. The summed E-state index contributed by atoms with van der Waals surface area (Å²) in [5.41, 5.74) is 3.03. The van der Waals surface area contributed by atoms with Crippen LogP contribution in [-0.4, -0.2) is 27.3 Å². The molecule has 0 fully saturated rings. The zero-order valence-corrected chi connectivity index (χ0v) is 15.6. The van der Waals surface area contributed by atoms with Gasteiger partial charge in [-0.1, -0.05) is 12.1 Å². The number of hydrogen-bond donors (Lipinski definition) is 0. The number of fused-ring (bicyclic) bond motifs is 1. The molecule has 4 rings (SSSR count). The van der Waals surface area contributed by atoms with Crippen LogP contribution in [0.25, 0.3) is 20.5 Å². The Labute approximate surface area is 154 Å². The molecule has 7 heteroatoms. The Bertz CT molecular complexity index is 886. The fraction of sp³-hybridized carbons (Fsp3) is 0.333. The van der Waals surface area contributed by atoms with Crippen LogP contribution in [0.4, 0.5) is 0 Å². The second-order valence-corrected chi connectivity index (χ2v) is 7.90. The molecule has 0 aromatic carbocycles. The molecule has 25 heavy (non-hydrogen) atoms. The van der Waals surface area contributed by atoms with Crippen molar-refractivity contribution in [3.05, 3.63) is 41.3 Å². The lowest BCUT2D eigenvalue weighted by molar-refractivity contribution is 0.144. The van der Waals surface area contributed by atoms with Crippen molar-refractivity contribution in [3.63, 3.8) is 0 Å². The summed E-state index contributed by atoms with van der Waals surface area (Å²) in [4.78, 5) is 21.3. The summed E-state index contributed by atoms with van der Waals surface area (Å²) in [6, 6.07) is 3.95. The first kappa shape index (κ1) is 16.4. The van der Waals surface area contributed by atoms with E-state index in [4.69, 9.17) is 9.82 Å². The third kappa shape index (κ3) is 3.48. The number of pyridine rings is 1. The van der Waals surface area contributed by atoms with Gasteiger partial charge in [-0.25, -0.2) is 9.97 Å². The van der Waals surface area contributed by atoms with E-state index in [0.717, 1.165) is 57.5 Å². The van der Waals surface area contributed by atoms with Crippen molar-refractivity contribution >= 4 is 28.4 Å². The van der Waals surface area contributed by atoms with Gasteiger partial charge in [-0.05, 0) is 37.8 Å². The van der Waals surface area contributed by atoms with Crippen molar-refractivity contribution in [1.82, 2.24) is 15.0 Å². The summed E-state index contributed by atoms with van der Waals surface area (Å²) in [6.07, 6.45) is 9.58. The van der Waals surface area contributed by atoms with E-state index in [1.807, 2.05) is 24.5 Å². The molecule has 3 heterocycles. The largest absolute Gasteiger partial charge is 0.396 e. The zero-order valence-electron chi connectivity index (χ0n) is 13.9. The van der Waals surface area contributed by atoms with Gasteiger partial charge in [0.2, 0.25) is 0 Å². The SMILES string of the molecule is CCCON=C1CCCc2sc(-c3cnc(-c4cccnc4)s3)nc21. The zero-order chi connectivity index (χ0) is 17.1. The highest BCUT2D eigenvalue weighted by Crippen LogP contribution is 2.37. The summed E-state index contributed by atoms with van der Waals surface area (Å²) in [6.45, 7) is 2.73. The fourth-order valence-corrected chi connectivity index (χ4v) is 4.76. The highest BCUT2D eigenvalue weighted by atomic mass is 32.1. The number of oxime groups is 1. The van der Waals surface area contributed by atoms with E-state index in [2.05, 4.69) is 22.0 Å². The van der Waals surface area contributed by atoms with Crippen LogP contribution in [0.15, 0.2) is 35.9 Å². The van der Waals surface area contributed by atoms with Gasteiger partial charge in [-0.15, -0.1) is 22.7 Å². The molecule has 0 N–H and O–H groups in total. The third-order valence-corrected chi connectivity index (χ3v) is 6.21. The maximum atomic E-state index is 5.39. The number of thiazole rings is 2. The van der Waals surface area contributed by atoms with E-state index in [-0.39, 0.29) is 0 Å². The molecule has 5 nitrogen and oxygen atoms in total. The molecule has 1 aliphatic rings. The van der Waals surface area contributed by atoms with Crippen LogP contribution in [0, 0.1) is 0 Å². The van der Waals surface area contributed by atoms with E-state index in [1.165, 1.54) is 4.88 Å². The van der Waals surface area contributed by atoms with Crippen molar-refractivity contribution in [2.75, 3.05) is 6.61 Å². The summed E-state index contributed by atoms with van der Waals surface area (Å²) in [5, 5.41) is 6.30. The summed E-state index contributed by atoms with van der Waals surface area (Å²) in [7, 11) is 0. The van der Waals surface area contributed by atoms with Crippen LogP contribution in [-0.2, 0) is 11.3 Å². The molecule has 128 valence electrons. The summed E-state index contributed by atoms with van der Waals surface area (Å²) < 4.78 is 0. The normalized spacial score (nSPS) is 15.3.